The number of nitrogens with zero attached hydrogens (tertiary/aromatic N) is 2. The van der Waals surface area contributed by atoms with Crippen LogP contribution in [-0.2, 0) is 10.8 Å². The van der Waals surface area contributed by atoms with Crippen LogP contribution in [0.25, 0.3) is 16.7 Å². The Morgan fingerprint density at radius 2 is 1.44 bits per heavy atom. The van der Waals surface area contributed by atoms with E-state index in [2.05, 4.69) is 156 Å². The van der Waals surface area contributed by atoms with E-state index in [-0.39, 0.29) is 16.4 Å². The van der Waals surface area contributed by atoms with E-state index in [9.17, 15) is 0 Å². The molecule has 3 heteroatoms. The second kappa shape index (κ2) is 9.53. The average molecular weight is 570 g/mol. The molecule has 0 heterocycles. The van der Waals surface area contributed by atoms with Gasteiger partial charge in [0.05, 0.1) is 26.7 Å². The molecule has 3 aliphatic rings. The van der Waals surface area contributed by atoms with Gasteiger partial charge in [-0.1, -0.05) is 103 Å². The molecular formula is C38H57N2Si+. The molecule has 0 aromatic heterocycles. The molecule has 0 radical (unpaired) electrons. The molecule has 0 amide bonds. The van der Waals surface area contributed by atoms with Gasteiger partial charge in [0.1, 0.15) is 0 Å². The highest BCUT2D eigenvalue weighted by atomic mass is 28.3. The summed E-state index contributed by atoms with van der Waals surface area (Å²) in [5.41, 5.74) is 11.1. The highest BCUT2D eigenvalue weighted by molar-refractivity contribution is 6.76. The van der Waals surface area contributed by atoms with Gasteiger partial charge in [0, 0.05) is 5.41 Å². The van der Waals surface area contributed by atoms with Gasteiger partial charge in [0.25, 0.3) is 0 Å². The maximum atomic E-state index is 2.90. The summed E-state index contributed by atoms with van der Waals surface area (Å²) in [6.07, 6.45) is 6.79. The standard InChI is InChI=1S/C38H57N2Si/c1-25-21-28-22-32-30-20-17-27(26-15-18-29(19-16-26)36(2,3)4)23-33(30)38(8,9)34(32)24-31(28)35(25)41(13,14)39(37(5,6)7)40(10,11)12/h15-20,22-25,28,31,35H,21H2,1-14H3/q+1. The van der Waals surface area contributed by atoms with Crippen LogP contribution in [0.15, 0.2) is 60.2 Å². The molecule has 0 bridgehead atoms. The summed E-state index contributed by atoms with van der Waals surface area (Å²) in [5, 5.41) is 0. The fourth-order valence-corrected chi connectivity index (χ4v) is 16.2. The van der Waals surface area contributed by atoms with Crippen LogP contribution in [0.4, 0.5) is 0 Å². The molecule has 2 aromatic carbocycles. The van der Waals surface area contributed by atoms with Crippen molar-refractivity contribution in [2.75, 3.05) is 21.1 Å². The van der Waals surface area contributed by atoms with Crippen molar-refractivity contribution in [1.29, 1.82) is 0 Å². The molecule has 5 rings (SSSR count). The molecule has 0 aliphatic heterocycles. The minimum atomic E-state index is -1.85. The summed E-state index contributed by atoms with van der Waals surface area (Å²) in [7, 11) is 5.27. The van der Waals surface area contributed by atoms with E-state index in [1.54, 1.807) is 5.57 Å². The summed E-state index contributed by atoms with van der Waals surface area (Å²) in [6, 6.07) is 16.5. The lowest BCUT2D eigenvalue weighted by Crippen LogP contribution is -2.72. The molecule has 0 saturated heterocycles. The zero-order chi connectivity index (χ0) is 30.5. The van der Waals surface area contributed by atoms with Crippen LogP contribution < -0.4 is 0 Å². The van der Waals surface area contributed by atoms with E-state index >= 15 is 0 Å². The van der Waals surface area contributed by atoms with Gasteiger partial charge < -0.3 is 0 Å². The van der Waals surface area contributed by atoms with Crippen LogP contribution >= 0.6 is 0 Å². The Labute approximate surface area is 253 Å². The molecule has 0 spiro atoms. The Hall–Kier alpha value is -1.94. The lowest BCUT2D eigenvalue weighted by atomic mass is 9.76. The van der Waals surface area contributed by atoms with Crippen LogP contribution in [0, 0.1) is 17.8 Å². The topological polar surface area (TPSA) is 3.24 Å². The zero-order valence-corrected chi connectivity index (χ0v) is 29.6. The van der Waals surface area contributed by atoms with Crippen molar-refractivity contribution in [2.24, 2.45) is 17.8 Å². The predicted molar refractivity (Wildman–Crippen MR) is 181 cm³/mol. The van der Waals surface area contributed by atoms with Crippen LogP contribution in [-0.4, -0.2) is 44.2 Å². The minimum absolute atomic E-state index is 0.0133. The monoisotopic (exact) mass is 569 g/mol. The number of fused-ring (bicyclic) bond motifs is 4. The Balaban J connectivity index is 1.54. The molecule has 3 aliphatic carbocycles. The Kier molecular flexibility index (Phi) is 7.09. The quantitative estimate of drug-likeness (QED) is 0.201. The van der Waals surface area contributed by atoms with Gasteiger partial charge in [0.15, 0.2) is 8.24 Å². The molecule has 2 nitrogen and oxygen atoms in total. The van der Waals surface area contributed by atoms with Gasteiger partial charge in [-0.2, -0.15) is 4.67 Å². The van der Waals surface area contributed by atoms with Gasteiger partial charge >= 0.3 is 0 Å². The van der Waals surface area contributed by atoms with Crippen molar-refractivity contribution in [3.63, 3.8) is 0 Å². The van der Waals surface area contributed by atoms with Gasteiger partial charge in [-0.3, -0.25) is 4.59 Å². The highest BCUT2D eigenvalue weighted by Crippen LogP contribution is 2.61. The maximum Gasteiger partial charge on any atom is 0.191 e. The summed E-state index contributed by atoms with van der Waals surface area (Å²) in [4.78, 5) is 0. The average Bonchev–Trinajstić information content (AvgIpc) is 3.25. The Morgan fingerprint density at radius 3 is 1.98 bits per heavy atom. The van der Waals surface area contributed by atoms with Crippen molar-refractivity contribution >= 4 is 13.8 Å². The maximum absolute atomic E-state index is 2.90. The van der Waals surface area contributed by atoms with Gasteiger partial charge in [0.2, 0.25) is 0 Å². The van der Waals surface area contributed by atoms with Gasteiger partial charge in [-0.15, -0.1) is 0 Å². The van der Waals surface area contributed by atoms with E-state index in [0.29, 0.717) is 11.8 Å². The van der Waals surface area contributed by atoms with Crippen LogP contribution in [0.5, 0.6) is 0 Å². The summed E-state index contributed by atoms with van der Waals surface area (Å²) >= 11 is 0. The zero-order valence-electron chi connectivity index (χ0n) is 28.6. The number of allylic oxidation sites excluding steroid dienone is 4. The second-order valence-corrected chi connectivity index (χ2v) is 21.8. The molecule has 222 valence electrons. The molecule has 1 saturated carbocycles. The highest BCUT2D eigenvalue weighted by Gasteiger charge is 2.58. The third-order valence-corrected chi connectivity index (χ3v) is 15.5. The normalized spacial score (nSPS) is 25.9. The van der Waals surface area contributed by atoms with Crippen molar-refractivity contribution in [3.05, 3.63) is 76.9 Å². The first-order chi connectivity index (χ1) is 18.6. The number of benzene rings is 2. The molecule has 41 heavy (non-hydrogen) atoms. The van der Waals surface area contributed by atoms with E-state index in [0.717, 1.165) is 16.1 Å². The van der Waals surface area contributed by atoms with Crippen molar-refractivity contribution in [2.45, 2.75) is 104 Å². The predicted octanol–water partition coefficient (Wildman–Crippen LogP) is 9.83. The molecule has 4 atom stereocenters. The first-order valence-corrected chi connectivity index (χ1v) is 19.0. The second-order valence-electron chi connectivity index (χ2n) is 17.4. The fraction of sp³-hybridized carbons (Fsp3) is 0.579. The largest absolute Gasteiger partial charge is 0.257 e. The van der Waals surface area contributed by atoms with Crippen molar-refractivity contribution in [1.82, 2.24) is 4.67 Å². The first-order valence-electron chi connectivity index (χ1n) is 16.0. The minimum Gasteiger partial charge on any atom is -0.257 e. The summed E-state index contributed by atoms with van der Waals surface area (Å²) in [5.74, 6) is 2.00. The van der Waals surface area contributed by atoms with E-state index in [1.165, 1.54) is 39.8 Å². The molecule has 4 unspecified atom stereocenters. The van der Waals surface area contributed by atoms with Crippen LogP contribution in [0.1, 0.15) is 85.4 Å². The SMILES string of the molecule is CC1CC2C=C3C(=CC2C1[Si](C)(C)N(C(C)(C)C)[N+](C)(C)C)C(C)(C)c1cc(-c2ccc(C(C)(C)C)cc2)ccc13. The molecule has 2 aromatic rings. The number of quaternary nitrogens is 1. The lowest BCUT2D eigenvalue weighted by Gasteiger charge is -2.55. The third-order valence-electron chi connectivity index (χ3n) is 10.5. The van der Waals surface area contributed by atoms with E-state index < -0.39 is 8.24 Å². The Bertz CT molecular complexity index is 1370. The van der Waals surface area contributed by atoms with Crippen molar-refractivity contribution in [3.8, 4) is 11.1 Å². The summed E-state index contributed by atoms with van der Waals surface area (Å²) < 4.78 is 3.80. The first kappa shape index (κ1) is 30.5. The van der Waals surface area contributed by atoms with Crippen LogP contribution in [0.3, 0.4) is 0 Å². The molecule has 1 fully saturated rings. The Morgan fingerprint density at radius 1 is 0.854 bits per heavy atom. The van der Waals surface area contributed by atoms with E-state index in [4.69, 9.17) is 0 Å². The molecular weight excluding hydrogens is 513 g/mol. The smallest absolute Gasteiger partial charge is 0.191 e. The van der Waals surface area contributed by atoms with E-state index in [1.807, 2.05) is 0 Å². The van der Waals surface area contributed by atoms with Gasteiger partial charge in [-0.05, 0) is 101 Å². The van der Waals surface area contributed by atoms with Crippen molar-refractivity contribution < 1.29 is 4.59 Å². The summed E-state index contributed by atoms with van der Waals surface area (Å²) in [6.45, 7) is 26.9. The third kappa shape index (κ3) is 5.04. The van der Waals surface area contributed by atoms with Gasteiger partial charge in [-0.25, -0.2) is 0 Å². The number of rotatable bonds is 4. The molecule has 0 N–H and O–H groups in total. The lowest BCUT2D eigenvalue weighted by molar-refractivity contribution is -0.978. The number of hydrogen-bond acceptors (Lipinski definition) is 1. The fourth-order valence-electron chi connectivity index (χ4n) is 9.78. The number of hydrogen-bond donors (Lipinski definition) is 0. The van der Waals surface area contributed by atoms with Crippen LogP contribution in [0.2, 0.25) is 18.6 Å².